The largest absolute Gasteiger partial charge is 0.481 e. The second-order valence-corrected chi connectivity index (χ2v) is 6.06. The van der Waals surface area contributed by atoms with Gasteiger partial charge in [0.25, 0.3) is 0 Å². The Morgan fingerprint density at radius 3 is 2.90 bits per heavy atom. The lowest BCUT2D eigenvalue weighted by molar-refractivity contribution is -0.140. The lowest BCUT2D eigenvalue weighted by Gasteiger charge is -2.29. The number of carboxylic acids is 1. The van der Waals surface area contributed by atoms with Crippen molar-refractivity contribution in [3.05, 3.63) is 29.8 Å². The number of anilines is 1. The number of benzene rings is 1. The first kappa shape index (κ1) is 14.9. The number of aliphatic carboxylic acids is 1. The third-order valence-electron chi connectivity index (χ3n) is 3.43. The minimum absolute atomic E-state index is 0.0692. The molecule has 1 atom stereocenters. The van der Waals surface area contributed by atoms with Crippen molar-refractivity contribution < 1.29 is 14.7 Å². The molecule has 1 heterocycles. The molecule has 0 aromatic heterocycles. The van der Waals surface area contributed by atoms with Crippen molar-refractivity contribution in [2.75, 3.05) is 23.0 Å². The zero-order chi connectivity index (χ0) is 14.5. The van der Waals surface area contributed by atoms with Gasteiger partial charge in [-0.3, -0.25) is 9.59 Å². The third-order valence-corrected chi connectivity index (χ3v) is 4.61. The van der Waals surface area contributed by atoms with Crippen LogP contribution < -0.4 is 4.90 Å². The highest BCUT2D eigenvalue weighted by Gasteiger charge is 2.22. The number of thioether (sulfide) groups is 1. The molecule has 1 aliphatic heterocycles. The fourth-order valence-corrected chi connectivity index (χ4v) is 3.21. The van der Waals surface area contributed by atoms with Gasteiger partial charge in [-0.15, -0.1) is 0 Å². The molecule has 0 saturated carbocycles. The summed E-state index contributed by atoms with van der Waals surface area (Å²) < 4.78 is 0. The molecule has 0 aliphatic carbocycles. The lowest BCUT2D eigenvalue weighted by atomic mass is 10.0. The fraction of sp³-hybridized carbons (Fsp3) is 0.467. The van der Waals surface area contributed by atoms with Crippen LogP contribution in [0, 0.1) is 5.92 Å². The van der Waals surface area contributed by atoms with Crippen molar-refractivity contribution in [3.63, 3.8) is 0 Å². The van der Waals surface area contributed by atoms with E-state index in [0.717, 1.165) is 25.1 Å². The van der Waals surface area contributed by atoms with Gasteiger partial charge >= 0.3 is 5.97 Å². The summed E-state index contributed by atoms with van der Waals surface area (Å²) in [7, 11) is 0. The number of fused-ring (bicyclic) bond motifs is 1. The van der Waals surface area contributed by atoms with E-state index in [1.807, 2.05) is 23.1 Å². The first-order chi connectivity index (χ1) is 9.59. The number of hydrogen-bond donors (Lipinski definition) is 1. The van der Waals surface area contributed by atoms with Gasteiger partial charge in [-0.2, -0.15) is 11.8 Å². The molecule has 0 radical (unpaired) electrons. The van der Waals surface area contributed by atoms with Crippen LogP contribution in [0.5, 0.6) is 0 Å². The van der Waals surface area contributed by atoms with Crippen LogP contribution in [0.3, 0.4) is 0 Å². The molecule has 0 bridgehead atoms. The topological polar surface area (TPSA) is 57.6 Å². The summed E-state index contributed by atoms with van der Waals surface area (Å²) in [4.78, 5) is 24.8. The van der Waals surface area contributed by atoms with Crippen molar-refractivity contribution >= 4 is 29.3 Å². The van der Waals surface area contributed by atoms with E-state index in [2.05, 4.69) is 6.07 Å². The number of para-hydroxylation sites is 1. The van der Waals surface area contributed by atoms with E-state index in [-0.39, 0.29) is 5.91 Å². The summed E-state index contributed by atoms with van der Waals surface area (Å²) in [6, 6.07) is 7.99. The number of carbonyl (C=O) groups excluding carboxylic acids is 1. The van der Waals surface area contributed by atoms with Crippen LogP contribution in [0.2, 0.25) is 0 Å². The number of hydrogen-bond acceptors (Lipinski definition) is 3. The fourth-order valence-electron chi connectivity index (χ4n) is 2.26. The van der Waals surface area contributed by atoms with Crippen molar-refractivity contribution in [1.82, 2.24) is 0 Å². The number of carboxylic acid groups (broad SMARTS) is 1. The van der Waals surface area contributed by atoms with Crippen LogP contribution >= 0.6 is 11.8 Å². The molecule has 1 aromatic carbocycles. The molecule has 0 saturated heterocycles. The van der Waals surface area contributed by atoms with Crippen LogP contribution in [0.1, 0.15) is 18.9 Å². The second-order valence-electron chi connectivity index (χ2n) is 5.03. The van der Waals surface area contributed by atoms with E-state index in [0.29, 0.717) is 11.5 Å². The first-order valence-corrected chi connectivity index (χ1v) is 7.94. The van der Waals surface area contributed by atoms with Gasteiger partial charge in [-0.1, -0.05) is 25.1 Å². The number of carbonyl (C=O) groups is 2. The summed E-state index contributed by atoms with van der Waals surface area (Å²) in [5.74, 6) is -0.350. The van der Waals surface area contributed by atoms with Crippen molar-refractivity contribution in [3.8, 4) is 0 Å². The Balaban J connectivity index is 1.92. The third kappa shape index (κ3) is 3.54. The first-order valence-electron chi connectivity index (χ1n) is 6.78. The summed E-state index contributed by atoms with van der Waals surface area (Å²) in [5.41, 5.74) is 2.23. The maximum absolute atomic E-state index is 12.3. The van der Waals surface area contributed by atoms with Gasteiger partial charge in [0.05, 0.1) is 11.7 Å². The zero-order valence-electron chi connectivity index (χ0n) is 11.5. The number of aryl methyl sites for hydroxylation is 1. The van der Waals surface area contributed by atoms with E-state index in [1.54, 1.807) is 6.92 Å². The highest BCUT2D eigenvalue weighted by Crippen LogP contribution is 2.27. The maximum Gasteiger partial charge on any atom is 0.307 e. The van der Waals surface area contributed by atoms with Gasteiger partial charge in [0, 0.05) is 18.0 Å². The molecule has 2 rings (SSSR count). The normalized spacial score (nSPS) is 15.6. The predicted octanol–water partition coefficient (Wildman–Crippen LogP) is 2.42. The van der Waals surface area contributed by atoms with Crippen LogP contribution in [0.4, 0.5) is 5.69 Å². The van der Waals surface area contributed by atoms with Gasteiger partial charge in [-0.05, 0) is 24.5 Å². The van der Waals surface area contributed by atoms with Crippen molar-refractivity contribution in [2.24, 2.45) is 5.92 Å². The van der Waals surface area contributed by atoms with Gasteiger partial charge in [0.2, 0.25) is 5.91 Å². The number of rotatable bonds is 5. The Kier molecular flexibility index (Phi) is 5.06. The quantitative estimate of drug-likeness (QED) is 0.906. The maximum atomic E-state index is 12.3. The second kappa shape index (κ2) is 6.79. The lowest BCUT2D eigenvalue weighted by Crippen LogP contribution is -2.36. The minimum atomic E-state index is -0.812. The summed E-state index contributed by atoms with van der Waals surface area (Å²) in [6.45, 7) is 2.42. The molecule has 5 heteroatoms. The molecular formula is C15H19NO3S. The highest BCUT2D eigenvalue weighted by atomic mass is 32.2. The molecule has 1 aromatic rings. The van der Waals surface area contributed by atoms with Crippen LogP contribution in [0.25, 0.3) is 0 Å². The smallest absolute Gasteiger partial charge is 0.307 e. The van der Waals surface area contributed by atoms with E-state index in [4.69, 9.17) is 5.11 Å². The molecule has 4 nitrogen and oxygen atoms in total. The molecule has 1 amide bonds. The standard InChI is InChI=1S/C15H19NO3S/c1-11(15(18)19)9-20-10-14(17)16-8-4-6-12-5-2-3-7-13(12)16/h2-3,5,7,11H,4,6,8-10H2,1H3,(H,18,19). The molecule has 0 fully saturated rings. The SMILES string of the molecule is CC(CSCC(=O)N1CCCc2ccccc21)C(=O)O. The Morgan fingerprint density at radius 1 is 1.40 bits per heavy atom. The number of amides is 1. The molecule has 1 aliphatic rings. The van der Waals surface area contributed by atoms with Gasteiger partial charge in [-0.25, -0.2) is 0 Å². The van der Waals surface area contributed by atoms with E-state index < -0.39 is 11.9 Å². The predicted molar refractivity (Wildman–Crippen MR) is 81.2 cm³/mol. The Hall–Kier alpha value is -1.49. The van der Waals surface area contributed by atoms with E-state index in [1.165, 1.54) is 17.3 Å². The molecule has 20 heavy (non-hydrogen) atoms. The van der Waals surface area contributed by atoms with Gasteiger partial charge in [0.15, 0.2) is 0 Å². The van der Waals surface area contributed by atoms with Crippen LogP contribution in [-0.2, 0) is 16.0 Å². The monoisotopic (exact) mass is 293 g/mol. The Morgan fingerprint density at radius 2 is 2.15 bits per heavy atom. The molecule has 1 N–H and O–H groups in total. The minimum Gasteiger partial charge on any atom is -0.481 e. The average molecular weight is 293 g/mol. The van der Waals surface area contributed by atoms with Crippen LogP contribution in [0.15, 0.2) is 24.3 Å². The van der Waals surface area contributed by atoms with Gasteiger partial charge < -0.3 is 10.0 Å². The van der Waals surface area contributed by atoms with Crippen molar-refractivity contribution in [2.45, 2.75) is 19.8 Å². The zero-order valence-corrected chi connectivity index (χ0v) is 12.4. The highest BCUT2D eigenvalue weighted by molar-refractivity contribution is 8.00. The summed E-state index contributed by atoms with van der Waals surface area (Å²) in [6.07, 6.45) is 2.00. The molecule has 1 unspecified atom stereocenters. The summed E-state index contributed by atoms with van der Waals surface area (Å²) in [5, 5.41) is 8.82. The van der Waals surface area contributed by atoms with Gasteiger partial charge in [0.1, 0.15) is 0 Å². The van der Waals surface area contributed by atoms with Crippen LogP contribution in [-0.4, -0.2) is 35.0 Å². The molecule has 108 valence electrons. The number of nitrogens with zero attached hydrogens (tertiary/aromatic N) is 1. The van der Waals surface area contributed by atoms with E-state index >= 15 is 0 Å². The average Bonchev–Trinajstić information content (AvgIpc) is 2.46. The molecular weight excluding hydrogens is 274 g/mol. The Labute approximate surface area is 123 Å². The van der Waals surface area contributed by atoms with Crippen molar-refractivity contribution in [1.29, 1.82) is 0 Å². The Bertz CT molecular complexity index is 504. The van der Waals surface area contributed by atoms with E-state index in [9.17, 15) is 9.59 Å². The molecule has 0 spiro atoms. The summed E-state index contributed by atoms with van der Waals surface area (Å²) >= 11 is 1.39.